The Morgan fingerprint density at radius 2 is 1.85 bits per heavy atom. The first kappa shape index (κ1) is 18.3. The second-order valence-corrected chi connectivity index (χ2v) is 8.70. The third-order valence-corrected chi connectivity index (χ3v) is 6.24. The molecular formula is C20H27N5OS. The summed E-state index contributed by atoms with van der Waals surface area (Å²) < 4.78 is 2.26. The average Bonchev–Trinajstić information content (AvgIpc) is 3.42. The topological polar surface area (TPSA) is 63.1 Å². The monoisotopic (exact) mass is 385 g/mol. The van der Waals surface area contributed by atoms with Gasteiger partial charge in [0.1, 0.15) is 0 Å². The summed E-state index contributed by atoms with van der Waals surface area (Å²) in [6.45, 7) is 6.44. The Balaban J connectivity index is 1.40. The van der Waals surface area contributed by atoms with Crippen molar-refractivity contribution in [2.75, 3.05) is 29.1 Å². The van der Waals surface area contributed by atoms with Gasteiger partial charge in [-0.1, -0.05) is 36.4 Å². The number of hydrogen-bond acceptors (Lipinski definition) is 5. The molecule has 0 atom stereocenters. The molecule has 7 heteroatoms. The van der Waals surface area contributed by atoms with Gasteiger partial charge >= 0.3 is 0 Å². The number of amides is 1. The average molecular weight is 386 g/mol. The van der Waals surface area contributed by atoms with Gasteiger partial charge in [0.05, 0.1) is 5.75 Å². The summed E-state index contributed by atoms with van der Waals surface area (Å²) in [5.41, 5.74) is 2.01. The first-order valence-electron chi connectivity index (χ1n) is 9.79. The van der Waals surface area contributed by atoms with Crippen LogP contribution in [0.2, 0.25) is 0 Å². The van der Waals surface area contributed by atoms with E-state index in [0.717, 1.165) is 35.8 Å². The van der Waals surface area contributed by atoms with Crippen LogP contribution in [0.1, 0.15) is 44.2 Å². The predicted octanol–water partition coefficient (Wildman–Crippen LogP) is 3.89. The van der Waals surface area contributed by atoms with E-state index in [9.17, 15) is 4.79 Å². The molecule has 1 aromatic heterocycles. The minimum Gasteiger partial charge on any atom is -0.341 e. The maximum absolute atomic E-state index is 12.3. The molecule has 0 spiro atoms. The molecule has 1 aliphatic carbocycles. The SMILES string of the molecule is Cc1ccc(NC(=O)CSc2nnc(N3CCC(C)CC3)n2C2CC2)cc1. The molecule has 1 saturated heterocycles. The third-order valence-electron chi connectivity index (χ3n) is 5.29. The first-order chi connectivity index (χ1) is 13.1. The molecule has 27 heavy (non-hydrogen) atoms. The Labute approximate surface area is 164 Å². The Morgan fingerprint density at radius 1 is 1.15 bits per heavy atom. The Kier molecular flexibility index (Phi) is 5.38. The fourth-order valence-corrected chi connectivity index (χ4v) is 4.21. The van der Waals surface area contributed by atoms with Crippen molar-refractivity contribution in [3.05, 3.63) is 29.8 Å². The number of thioether (sulfide) groups is 1. The molecule has 144 valence electrons. The molecule has 1 aromatic carbocycles. The Bertz CT molecular complexity index is 791. The largest absolute Gasteiger partial charge is 0.341 e. The maximum Gasteiger partial charge on any atom is 0.234 e. The number of piperidine rings is 1. The molecule has 0 bridgehead atoms. The summed E-state index contributed by atoms with van der Waals surface area (Å²) in [4.78, 5) is 14.7. The van der Waals surface area contributed by atoms with Crippen molar-refractivity contribution >= 4 is 29.3 Å². The lowest BCUT2D eigenvalue weighted by Crippen LogP contribution is -2.34. The van der Waals surface area contributed by atoms with Crippen molar-refractivity contribution in [1.82, 2.24) is 14.8 Å². The van der Waals surface area contributed by atoms with Gasteiger partial charge in [0.25, 0.3) is 0 Å². The number of rotatable bonds is 6. The van der Waals surface area contributed by atoms with E-state index in [1.165, 1.54) is 43.0 Å². The molecule has 4 rings (SSSR count). The van der Waals surface area contributed by atoms with Gasteiger partial charge < -0.3 is 10.2 Å². The summed E-state index contributed by atoms with van der Waals surface area (Å²) >= 11 is 1.48. The van der Waals surface area contributed by atoms with E-state index < -0.39 is 0 Å². The lowest BCUT2D eigenvalue weighted by Gasteiger charge is -2.31. The van der Waals surface area contributed by atoms with Crippen molar-refractivity contribution in [1.29, 1.82) is 0 Å². The van der Waals surface area contributed by atoms with E-state index in [1.807, 2.05) is 31.2 Å². The number of carbonyl (C=O) groups excluding carboxylic acids is 1. The fourth-order valence-electron chi connectivity index (χ4n) is 3.41. The van der Waals surface area contributed by atoms with Crippen LogP contribution in [-0.2, 0) is 4.79 Å². The van der Waals surface area contributed by atoms with Crippen LogP contribution in [0.5, 0.6) is 0 Å². The van der Waals surface area contributed by atoms with Gasteiger partial charge in [0.15, 0.2) is 5.16 Å². The molecule has 2 aliphatic rings. The van der Waals surface area contributed by atoms with Gasteiger partial charge in [-0.15, -0.1) is 10.2 Å². The maximum atomic E-state index is 12.3. The lowest BCUT2D eigenvalue weighted by molar-refractivity contribution is -0.113. The van der Waals surface area contributed by atoms with Gasteiger partial charge in [0.2, 0.25) is 11.9 Å². The van der Waals surface area contributed by atoms with Crippen molar-refractivity contribution in [2.24, 2.45) is 5.92 Å². The second-order valence-electron chi connectivity index (χ2n) is 7.76. The van der Waals surface area contributed by atoms with Crippen molar-refractivity contribution < 1.29 is 4.79 Å². The number of benzene rings is 1. The molecule has 0 unspecified atom stereocenters. The van der Waals surface area contributed by atoms with Crippen LogP contribution >= 0.6 is 11.8 Å². The van der Waals surface area contributed by atoms with Gasteiger partial charge in [-0.2, -0.15) is 0 Å². The van der Waals surface area contributed by atoms with Crippen LogP contribution in [0.4, 0.5) is 11.6 Å². The highest BCUT2D eigenvalue weighted by molar-refractivity contribution is 7.99. The molecule has 1 amide bonds. The molecule has 0 radical (unpaired) electrons. The highest BCUT2D eigenvalue weighted by atomic mass is 32.2. The smallest absolute Gasteiger partial charge is 0.234 e. The third kappa shape index (κ3) is 4.46. The summed E-state index contributed by atoms with van der Waals surface area (Å²) in [5, 5.41) is 12.7. The van der Waals surface area contributed by atoms with Crippen molar-refractivity contribution in [2.45, 2.75) is 50.7 Å². The van der Waals surface area contributed by atoms with E-state index in [2.05, 4.69) is 31.9 Å². The molecular weight excluding hydrogens is 358 g/mol. The Morgan fingerprint density at radius 3 is 2.52 bits per heavy atom. The highest BCUT2D eigenvalue weighted by Gasteiger charge is 2.32. The zero-order valence-electron chi connectivity index (χ0n) is 16.0. The van der Waals surface area contributed by atoms with E-state index in [1.54, 1.807) is 0 Å². The van der Waals surface area contributed by atoms with Crippen molar-refractivity contribution in [3.63, 3.8) is 0 Å². The molecule has 1 N–H and O–H groups in total. The van der Waals surface area contributed by atoms with Gasteiger partial charge in [-0.3, -0.25) is 9.36 Å². The summed E-state index contributed by atoms with van der Waals surface area (Å²) in [6, 6.07) is 8.35. The lowest BCUT2D eigenvalue weighted by atomic mass is 10.00. The summed E-state index contributed by atoms with van der Waals surface area (Å²) in [6.07, 6.45) is 4.77. The quantitative estimate of drug-likeness (QED) is 0.765. The van der Waals surface area contributed by atoms with Crippen molar-refractivity contribution in [3.8, 4) is 0 Å². The van der Waals surface area contributed by atoms with Crippen LogP contribution in [0.25, 0.3) is 0 Å². The molecule has 2 heterocycles. The standard InChI is InChI=1S/C20H27N5OS/c1-14-3-5-16(6-4-14)21-18(26)13-27-20-23-22-19(25(20)17-7-8-17)24-11-9-15(2)10-12-24/h3-6,15,17H,7-13H2,1-2H3,(H,21,26). The van der Waals surface area contributed by atoms with E-state index in [4.69, 9.17) is 0 Å². The van der Waals surface area contributed by atoms with E-state index >= 15 is 0 Å². The fraction of sp³-hybridized carbons (Fsp3) is 0.550. The minimum absolute atomic E-state index is 0.0115. The number of aromatic nitrogens is 3. The van der Waals surface area contributed by atoms with Gasteiger partial charge in [0, 0.05) is 24.8 Å². The van der Waals surface area contributed by atoms with Gasteiger partial charge in [-0.05, 0) is 50.7 Å². The van der Waals surface area contributed by atoms with Gasteiger partial charge in [-0.25, -0.2) is 0 Å². The second kappa shape index (κ2) is 7.92. The zero-order valence-corrected chi connectivity index (χ0v) is 16.8. The number of hydrogen-bond donors (Lipinski definition) is 1. The first-order valence-corrected chi connectivity index (χ1v) is 10.8. The van der Waals surface area contributed by atoms with Crippen LogP contribution in [0, 0.1) is 12.8 Å². The molecule has 1 aliphatic heterocycles. The molecule has 2 aromatic rings. The van der Waals surface area contributed by atoms with E-state index in [0.29, 0.717) is 11.8 Å². The van der Waals surface area contributed by atoms with Crippen LogP contribution in [0.15, 0.2) is 29.4 Å². The number of anilines is 2. The molecule has 2 fully saturated rings. The number of carbonyl (C=O) groups is 1. The summed E-state index contributed by atoms with van der Waals surface area (Å²) in [5.74, 6) is 2.11. The van der Waals surface area contributed by atoms with Crippen LogP contribution in [-0.4, -0.2) is 39.5 Å². The molecule has 1 saturated carbocycles. The molecule has 6 nitrogen and oxygen atoms in total. The van der Waals surface area contributed by atoms with E-state index in [-0.39, 0.29) is 5.91 Å². The summed E-state index contributed by atoms with van der Waals surface area (Å²) in [7, 11) is 0. The normalized spacial score (nSPS) is 17.9. The number of nitrogens with one attached hydrogen (secondary N) is 1. The number of nitrogens with zero attached hydrogens (tertiary/aromatic N) is 4. The van der Waals surface area contributed by atoms with Crippen LogP contribution in [0.3, 0.4) is 0 Å². The van der Waals surface area contributed by atoms with Crippen LogP contribution < -0.4 is 10.2 Å². The predicted molar refractivity (Wildman–Crippen MR) is 109 cm³/mol. The Hall–Kier alpha value is -2.02. The minimum atomic E-state index is -0.0115. The highest BCUT2D eigenvalue weighted by Crippen LogP contribution is 2.41. The zero-order chi connectivity index (χ0) is 18.8. The number of aryl methyl sites for hydroxylation is 1.